The number of fused-ring (bicyclic) bond motifs is 1. The molecule has 1 aromatic carbocycles. The molecular weight excluding hydrogens is 469 g/mol. The number of ether oxygens (including phenoxy) is 1. The number of sulfonamides is 1. The van der Waals surface area contributed by atoms with Crippen LogP contribution < -0.4 is 5.32 Å². The summed E-state index contributed by atoms with van der Waals surface area (Å²) in [6.07, 6.45) is 2.69. The van der Waals surface area contributed by atoms with E-state index in [0.717, 1.165) is 29.7 Å². The van der Waals surface area contributed by atoms with Crippen molar-refractivity contribution in [2.75, 3.05) is 31.6 Å². The minimum absolute atomic E-state index is 0.0228. The van der Waals surface area contributed by atoms with Crippen LogP contribution in [0.25, 0.3) is 0 Å². The molecule has 7 nitrogen and oxygen atoms in total. The number of morpholine rings is 1. The zero-order valence-corrected chi connectivity index (χ0v) is 18.8. The third-order valence-electron chi connectivity index (χ3n) is 5.11. The van der Waals surface area contributed by atoms with Crippen molar-refractivity contribution in [1.82, 2.24) is 4.31 Å². The average molecular weight is 486 g/mol. The summed E-state index contributed by atoms with van der Waals surface area (Å²) in [4.78, 5) is 13.8. The minimum Gasteiger partial charge on any atom is -0.379 e. The first-order valence-electron chi connectivity index (χ1n) is 9.26. The van der Waals surface area contributed by atoms with Gasteiger partial charge >= 0.3 is 0 Å². The largest absolute Gasteiger partial charge is 0.379 e. The minimum atomic E-state index is -3.92. The number of amides is 1. The number of hydrogen-bond acceptors (Lipinski definition) is 6. The standard InChI is InChI=1S/C19H17Cl2N3O4S2/c20-14-9-15(21)17(30(26,27)24-4-6-28-7-5-24)8-12(14)18(25)23-19-13(10-22)11-2-1-3-16(11)29-19/h8-9H,1-7H2,(H,23,25). The second kappa shape index (κ2) is 8.46. The molecule has 1 saturated heterocycles. The lowest BCUT2D eigenvalue weighted by atomic mass is 10.1. The molecule has 4 rings (SSSR count). The first-order chi connectivity index (χ1) is 14.3. The number of hydrogen-bond donors (Lipinski definition) is 1. The smallest absolute Gasteiger partial charge is 0.257 e. The highest BCUT2D eigenvalue weighted by molar-refractivity contribution is 7.89. The number of nitriles is 1. The SMILES string of the molecule is N#Cc1c(NC(=O)c2cc(S(=O)(=O)N3CCOCC3)c(Cl)cc2Cl)sc2c1CCC2. The molecule has 1 fully saturated rings. The van der Waals surface area contributed by atoms with E-state index in [4.69, 9.17) is 27.9 Å². The van der Waals surface area contributed by atoms with E-state index in [9.17, 15) is 18.5 Å². The molecule has 1 amide bonds. The van der Waals surface area contributed by atoms with E-state index in [1.54, 1.807) is 0 Å². The molecule has 0 bridgehead atoms. The topological polar surface area (TPSA) is 99.5 Å². The Morgan fingerprint density at radius 2 is 1.93 bits per heavy atom. The summed E-state index contributed by atoms with van der Waals surface area (Å²) in [5, 5.41) is 12.7. The van der Waals surface area contributed by atoms with Gasteiger partial charge in [0.05, 0.1) is 34.4 Å². The fourth-order valence-corrected chi connectivity index (χ4v) is 7.08. The Balaban J connectivity index is 1.67. The van der Waals surface area contributed by atoms with Crippen LogP contribution in [0.4, 0.5) is 5.00 Å². The first-order valence-corrected chi connectivity index (χ1v) is 12.3. The van der Waals surface area contributed by atoms with E-state index in [0.29, 0.717) is 10.6 Å². The third kappa shape index (κ3) is 3.84. The maximum atomic E-state index is 13.0. The normalized spacial score (nSPS) is 16.8. The first kappa shape index (κ1) is 21.6. The molecule has 1 aromatic heterocycles. The van der Waals surface area contributed by atoms with Crippen molar-refractivity contribution in [3.05, 3.63) is 43.7 Å². The van der Waals surface area contributed by atoms with Gasteiger partial charge in [-0.3, -0.25) is 4.79 Å². The number of aryl methyl sites for hydroxylation is 1. The van der Waals surface area contributed by atoms with Crippen LogP contribution in [0.5, 0.6) is 0 Å². The molecule has 2 aromatic rings. The summed E-state index contributed by atoms with van der Waals surface area (Å²) in [5.74, 6) is -0.591. The molecule has 2 aliphatic rings. The van der Waals surface area contributed by atoms with Crippen LogP contribution in [0.1, 0.15) is 32.8 Å². The highest BCUT2D eigenvalue weighted by Crippen LogP contribution is 2.39. The number of benzene rings is 1. The molecule has 0 radical (unpaired) electrons. The van der Waals surface area contributed by atoms with E-state index in [-0.39, 0.29) is 46.8 Å². The fourth-order valence-electron chi connectivity index (χ4n) is 3.61. The number of thiophene rings is 1. The van der Waals surface area contributed by atoms with E-state index in [2.05, 4.69) is 11.4 Å². The van der Waals surface area contributed by atoms with Crippen LogP contribution in [0.3, 0.4) is 0 Å². The number of halogens is 2. The number of nitrogens with one attached hydrogen (secondary N) is 1. The van der Waals surface area contributed by atoms with Crippen LogP contribution in [0.15, 0.2) is 17.0 Å². The molecule has 0 atom stereocenters. The predicted octanol–water partition coefficient (Wildman–Crippen LogP) is 3.69. The second-order valence-corrected chi connectivity index (χ2v) is 10.7. The molecule has 0 unspecified atom stereocenters. The monoisotopic (exact) mass is 485 g/mol. The lowest BCUT2D eigenvalue weighted by Crippen LogP contribution is -2.40. The van der Waals surface area contributed by atoms with Crippen molar-refractivity contribution < 1.29 is 17.9 Å². The maximum Gasteiger partial charge on any atom is 0.257 e. The van der Waals surface area contributed by atoms with Crippen molar-refractivity contribution in [1.29, 1.82) is 5.26 Å². The lowest BCUT2D eigenvalue weighted by molar-refractivity contribution is 0.0730. The van der Waals surface area contributed by atoms with Crippen LogP contribution in [-0.2, 0) is 27.6 Å². The van der Waals surface area contributed by atoms with Gasteiger partial charge in [-0.2, -0.15) is 9.57 Å². The maximum absolute atomic E-state index is 13.0. The van der Waals surface area contributed by atoms with Crippen molar-refractivity contribution >= 4 is 55.5 Å². The van der Waals surface area contributed by atoms with Gasteiger partial charge in [-0.1, -0.05) is 23.2 Å². The Bertz CT molecular complexity index is 1170. The Hall–Kier alpha value is -1.67. The molecule has 11 heteroatoms. The Kier molecular flexibility index (Phi) is 6.08. The third-order valence-corrected chi connectivity index (χ3v) is 9.00. The van der Waals surface area contributed by atoms with Crippen LogP contribution in [0, 0.1) is 11.3 Å². The second-order valence-electron chi connectivity index (χ2n) is 6.91. The molecule has 158 valence electrons. The molecule has 1 N–H and O–H groups in total. The van der Waals surface area contributed by atoms with Crippen LogP contribution in [0.2, 0.25) is 10.0 Å². The van der Waals surface area contributed by atoms with E-state index >= 15 is 0 Å². The van der Waals surface area contributed by atoms with Crippen molar-refractivity contribution in [2.45, 2.75) is 24.2 Å². The molecular formula is C19H17Cl2N3O4S2. The van der Waals surface area contributed by atoms with Crippen molar-refractivity contribution in [3.8, 4) is 6.07 Å². The highest BCUT2D eigenvalue weighted by atomic mass is 35.5. The quantitative estimate of drug-likeness (QED) is 0.711. The number of carbonyl (C=O) groups is 1. The van der Waals surface area contributed by atoms with Gasteiger partial charge in [0.2, 0.25) is 10.0 Å². The van der Waals surface area contributed by atoms with Gasteiger partial charge in [0, 0.05) is 18.0 Å². The summed E-state index contributed by atoms with van der Waals surface area (Å²) in [7, 11) is -3.92. The molecule has 30 heavy (non-hydrogen) atoms. The molecule has 1 aliphatic heterocycles. The summed E-state index contributed by atoms with van der Waals surface area (Å²) >= 11 is 13.8. The fraction of sp³-hybridized carbons (Fsp3) is 0.368. The van der Waals surface area contributed by atoms with Gasteiger partial charge < -0.3 is 10.1 Å². The van der Waals surface area contributed by atoms with Crippen molar-refractivity contribution in [3.63, 3.8) is 0 Å². The Labute approximate surface area is 188 Å². The van der Waals surface area contributed by atoms with E-state index < -0.39 is 15.9 Å². The summed E-state index contributed by atoms with van der Waals surface area (Å²) in [6, 6.07) is 4.61. The number of anilines is 1. The number of nitrogens with zero attached hydrogens (tertiary/aromatic N) is 2. The van der Waals surface area contributed by atoms with Gasteiger partial charge in [-0.25, -0.2) is 8.42 Å². The predicted molar refractivity (Wildman–Crippen MR) is 115 cm³/mol. The average Bonchev–Trinajstić information content (AvgIpc) is 3.29. The molecule has 0 saturated carbocycles. The Morgan fingerprint density at radius 3 is 2.63 bits per heavy atom. The Morgan fingerprint density at radius 1 is 1.20 bits per heavy atom. The van der Waals surface area contributed by atoms with Gasteiger partial charge in [0.25, 0.3) is 5.91 Å². The van der Waals surface area contributed by atoms with Crippen LogP contribution >= 0.6 is 34.5 Å². The number of carbonyl (C=O) groups excluding carboxylic acids is 1. The summed E-state index contributed by atoms with van der Waals surface area (Å²) in [5.41, 5.74) is 1.42. The van der Waals surface area contributed by atoms with Gasteiger partial charge in [0.1, 0.15) is 16.0 Å². The van der Waals surface area contributed by atoms with E-state index in [1.807, 2.05) is 0 Å². The molecule has 2 heterocycles. The van der Waals surface area contributed by atoms with Gasteiger partial charge in [0.15, 0.2) is 0 Å². The summed E-state index contributed by atoms with van der Waals surface area (Å²) < 4.78 is 32.5. The van der Waals surface area contributed by atoms with Gasteiger partial charge in [-0.05, 0) is 37.0 Å². The number of rotatable bonds is 4. The van der Waals surface area contributed by atoms with E-state index in [1.165, 1.54) is 27.8 Å². The molecule has 0 spiro atoms. The van der Waals surface area contributed by atoms with Crippen molar-refractivity contribution in [2.24, 2.45) is 0 Å². The van der Waals surface area contributed by atoms with Gasteiger partial charge in [-0.15, -0.1) is 11.3 Å². The van der Waals surface area contributed by atoms with Crippen LogP contribution in [-0.4, -0.2) is 44.9 Å². The summed E-state index contributed by atoms with van der Waals surface area (Å²) in [6.45, 7) is 0.986. The highest BCUT2D eigenvalue weighted by Gasteiger charge is 2.31. The lowest BCUT2D eigenvalue weighted by Gasteiger charge is -2.26. The zero-order valence-electron chi connectivity index (χ0n) is 15.7. The zero-order chi connectivity index (χ0) is 21.5. The molecule has 1 aliphatic carbocycles.